The van der Waals surface area contributed by atoms with Crippen LogP contribution in [0.1, 0.15) is 0 Å². The highest BCUT2D eigenvalue weighted by atomic mass is 35.5. The van der Waals surface area contributed by atoms with Crippen LogP contribution in [0.2, 0.25) is 10.0 Å². The fourth-order valence-electron chi connectivity index (χ4n) is 1.59. The zero-order valence-corrected chi connectivity index (χ0v) is 10.6. The highest BCUT2D eigenvalue weighted by molar-refractivity contribution is 6.32. The summed E-state index contributed by atoms with van der Waals surface area (Å²) in [4.78, 5) is 0. The number of methoxy groups -OCH3 is 1. The molecule has 0 heterocycles. The Morgan fingerprint density at radius 1 is 1.00 bits per heavy atom. The van der Waals surface area contributed by atoms with Crippen molar-refractivity contribution in [3.63, 3.8) is 0 Å². The van der Waals surface area contributed by atoms with Gasteiger partial charge < -0.3 is 9.84 Å². The molecule has 2 aromatic carbocycles. The molecular formula is C13H10Cl2O2. The predicted octanol–water partition coefficient (Wildman–Crippen LogP) is 4.37. The highest BCUT2D eigenvalue weighted by Crippen LogP contribution is 2.33. The quantitative estimate of drug-likeness (QED) is 0.876. The summed E-state index contributed by atoms with van der Waals surface area (Å²) in [5, 5.41) is 10.5. The third-order valence-corrected chi connectivity index (χ3v) is 2.88. The number of phenolic OH excluding ortho intramolecular Hbond substituents is 1. The first kappa shape index (κ1) is 12.1. The van der Waals surface area contributed by atoms with Crippen LogP contribution < -0.4 is 4.74 Å². The van der Waals surface area contributed by atoms with Crippen molar-refractivity contribution in [1.29, 1.82) is 0 Å². The first-order valence-electron chi connectivity index (χ1n) is 4.93. The van der Waals surface area contributed by atoms with E-state index in [2.05, 4.69) is 0 Å². The Morgan fingerprint density at radius 3 is 2.35 bits per heavy atom. The van der Waals surface area contributed by atoms with E-state index >= 15 is 0 Å². The van der Waals surface area contributed by atoms with Gasteiger partial charge in [0.2, 0.25) is 0 Å². The zero-order chi connectivity index (χ0) is 12.4. The van der Waals surface area contributed by atoms with E-state index in [-0.39, 0.29) is 5.75 Å². The van der Waals surface area contributed by atoms with Crippen LogP contribution in [0.4, 0.5) is 0 Å². The van der Waals surface area contributed by atoms with Gasteiger partial charge in [-0.2, -0.15) is 0 Å². The number of hydrogen-bond acceptors (Lipinski definition) is 2. The van der Waals surface area contributed by atoms with Gasteiger partial charge in [-0.25, -0.2) is 0 Å². The van der Waals surface area contributed by atoms with Gasteiger partial charge in [0.25, 0.3) is 0 Å². The molecule has 17 heavy (non-hydrogen) atoms. The van der Waals surface area contributed by atoms with Crippen LogP contribution >= 0.6 is 23.2 Å². The number of ether oxygens (including phenoxy) is 1. The van der Waals surface area contributed by atoms with Crippen molar-refractivity contribution in [2.24, 2.45) is 0 Å². The molecule has 0 atom stereocenters. The first-order chi connectivity index (χ1) is 8.10. The van der Waals surface area contributed by atoms with Gasteiger partial charge in [-0.3, -0.25) is 0 Å². The Hall–Kier alpha value is -1.38. The minimum atomic E-state index is 0.124. The molecule has 0 fully saturated rings. The molecule has 0 spiro atoms. The lowest BCUT2D eigenvalue weighted by Gasteiger charge is -2.07. The third-order valence-electron chi connectivity index (χ3n) is 2.37. The van der Waals surface area contributed by atoms with Crippen LogP contribution in [-0.4, -0.2) is 12.2 Å². The lowest BCUT2D eigenvalue weighted by molar-refractivity contribution is 0.415. The van der Waals surface area contributed by atoms with Crippen LogP contribution in [0.3, 0.4) is 0 Å². The number of halogens is 2. The van der Waals surface area contributed by atoms with Crippen molar-refractivity contribution in [1.82, 2.24) is 0 Å². The molecule has 88 valence electrons. The van der Waals surface area contributed by atoms with Gasteiger partial charge in [-0.1, -0.05) is 29.3 Å². The molecule has 0 saturated carbocycles. The fourth-order valence-corrected chi connectivity index (χ4v) is 2.07. The Bertz CT molecular complexity index is 533. The van der Waals surface area contributed by atoms with Gasteiger partial charge in [0.05, 0.1) is 12.1 Å². The summed E-state index contributed by atoms with van der Waals surface area (Å²) >= 11 is 11.9. The van der Waals surface area contributed by atoms with E-state index in [1.807, 2.05) is 6.07 Å². The Morgan fingerprint density at radius 2 is 1.76 bits per heavy atom. The summed E-state index contributed by atoms with van der Waals surface area (Å²) in [5.41, 5.74) is 1.67. The van der Waals surface area contributed by atoms with Crippen LogP contribution in [0.15, 0.2) is 36.4 Å². The van der Waals surface area contributed by atoms with E-state index < -0.39 is 0 Å². The van der Waals surface area contributed by atoms with Crippen molar-refractivity contribution >= 4 is 23.2 Å². The van der Waals surface area contributed by atoms with E-state index in [1.165, 1.54) is 6.07 Å². The van der Waals surface area contributed by atoms with Gasteiger partial charge in [-0.15, -0.1) is 0 Å². The molecule has 0 saturated heterocycles. The van der Waals surface area contributed by atoms with Gasteiger partial charge in [0.1, 0.15) is 11.5 Å². The largest absolute Gasteiger partial charge is 0.508 e. The van der Waals surface area contributed by atoms with E-state index in [0.29, 0.717) is 15.8 Å². The maximum Gasteiger partial charge on any atom is 0.137 e. The molecule has 0 aliphatic heterocycles. The summed E-state index contributed by atoms with van der Waals surface area (Å²) in [6, 6.07) is 10.3. The maximum atomic E-state index is 9.48. The molecule has 1 N–H and O–H groups in total. The smallest absolute Gasteiger partial charge is 0.137 e. The molecule has 2 rings (SSSR count). The van der Waals surface area contributed by atoms with Gasteiger partial charge in [0, 0.05) is 5.02 Å². The molecule has 0 unspecified atom stereocenters. The fraction of sp³-hybridized carbons (Fsp3) is 0.0769. The van der Waals surface area contributed by atoms with Crippen LogP contribution in [0.5, 0.6) is 11.5 Å². The van der Waals surface area contributed by atoms with E-state index in [4.69, 9.17) is 27.9 Å². The Balaban J connectivity index is 2.49. The highest BCUT2D eigenvalue weighted by Gasteiger charge is 2.05. The summed E-state index contributed by atoms with van der Waals surface area (Å²) in [5.74, 6) is 0.737. The topological polar surface area (TPSA) is 29.5 Å². The standard InChI is InChI=1S/C13H10Cl2O2/c1-17-13-3-2-8(6-12(13)15)9-4-10(14)7-11(16)5-9/h2-7,16H,1H3. The Labute approximate surface area is 109 Å². The maximum absolute atomic E-state index is 9.48. The summed E-state index contributed by atoms with van der Waals surface area (Å²) in [7, 11) is 1.56. The molecule has 0 radical (unpaired) electrons. The summed E-state index contributed by atoms with van der Waals surface area (Å²) < 4.78 is 5.08. The average Bonchev–Trinajstić information content (AvgIpc) is 2.27. The Kier molecular flexibility index (Phi) is 3.46. The van der Waals surface area contributed by atoms with Crippen molar-refractivity contribution in [2.75, 3.05) is 7.11 Å². The molecule has 0 amide bonds. The first-order valence-corrected chi connectivity index (χ1v) is 5.69. The summed E-state index contributed by atoms with van der Waals surface area (Å²) in [6.07, 6.45) is 0. The van der Waals surface area contributed by atoms with Crippen molar-refractivity contribution < 1.29 is 9.84 Å². The number of benzene rings is 2. The average molecular weight is 269 g/mol. The van der Waals surface area contributed by atoms with E-state index in [1.54, 1.807) is 31.4 Å². The molecule has 0 aliphatic rings. The molecule has 4 heteroatoms. The number of phenols is 1. The molecular weight excluding hydrogens is 259 g/mol. The second-order valence-electron chi connectivity index (χ2n) is 3.55. The van der Waals surface area contributed by atoms with Crippen molar-refractivity contribution in [2.45, 2.75) is 0 Å². The predicted molar refractivity (Wildman–Crippen MR) is 70.1 cm³/mol. The number of rotatable bonds is 2. The molecule has 0 aromatic heterocycles. The normalized spacial score (nSPS) is 10.3. The second-order valence-corrected chi connectivity index (χ2v) is 4.39. The number of aromatic hydroxyl groups is 1. The van der Waals surface area contributed by atoms with E-state index in [0.717, 1.165) is 11.1 Å². The SMILES string of the molecule is COc1ccc(-c2cc(O)cc(Cl)c2)cc1Cl. The minimum absolute atomic E-state index is 0.124. The van der Waals surface area contributed by atoms with Crippen molar-refractivity contribution in [3.05, 3.63) is 46.4 Å². The van der Waals surface area contributed by atoms with Gasteiger partial charge >= 0.3 is 0 Å². The van der Waals surface area contributed by atoms with Gasteiger partial charge in [0.15, 0.2) is 0 Å². The van der Waals surface area contributed by atoms with Crippen LogP contribution in [-0.2, 0) is 0 Å². The lowest BCUT2D eigenvalue weighted by atomic mass is 10.1. The summed E-state index contributed by atoms with van der Waals surface area (Å²) in [6.45, 7) is 0. The van der Waals surface area contributed by atoms with Crippen molar-refractivity contribution in [3.8, 4) is 22.6 Å². The monoisotopic (exact) mass is 268 g/mol. The molecule has 0 aliphatic carbocycles. The lowest BCUT2D eigenvalue weighted by Crippen LogP contribution is -1.85. The minimum Gasteiger partial charge on any atom is -0.508 e. The van der Waals surface area contributed by atoms with Gasteiger partial charge in [-0.05, 0) is 41.5 Å². The zero-order valence-electron chi connectivity index (χ0n) is 9.08. The van der Waals surface area contributed by atoms with E-state index in [9.17, 15) is 5.11 Å². The number of hydrogen-bond donors (Lipinski definition) is 1. The van der Waals surface area contributed by atoms with Crippen LogP contribution in [0.25, 0.3) is 11.1 Å². The molecule has 2 aromatic rings. The molecule has 2 nitrogen and oxygen atoms in total. The third kappa shape index (κ3) is 2.65. The second kappa shape index (κ2) is 4.86. The molecule has 0 bridgehead atoms. The van der Waals surface area contributed by atoms with Crippen LogP contribution in [0, 0.1) is 0 Å².